The van der Waals surface area contributed by atoms with Crippen LogP contribution in [0.2, 0.25) is 0 Å². The molecule has 1 aromatic carbocycles. The molecule has 0 fully saturated rings. The molecule has 0 aliphatic rings. The van der Waals surface area contributed by atoms with Crippen molar-refractivity contribution in [2.45, 2.75) is 26.4 Å². The number of likely N-dealkylation sites (N-methyl/N-ethyl adjacent to an activating group) is 1. The minimum absolute atomic E-state index is 0.000579. The molecule has 1 heterocycles. The van der Waals surface area contributed by atoms with Gasteiger partial charge in [-0.2, -0.15) is 0 Å². The molecule has 0 spiro atoms. The molecule has 0 saturated carbocycles. The molecule has 6 nitrogen and oxygen atoms in total. The Morgan fingerprint density at radius 3 is 2.73 bits per heavy atom. The van der Waals surface area contributed by atoms with E-state index in [4.69, 9.17) is 0 Å². The summed E-state index contributed by atoms with van der Waals surface area (Å²) in [6, 6.07) is 7.51. The molecular weight excluding hydrogens is 300 g/mol. The number of hydrogen-bond acceptors (Lipinski definition) is 4. The number of nitrogens with one attached hydrogen (secondary N) is 3. The van der Waals surface area contributed by atoms with Crippen molar-refractivity contribution in [3.05, 3.63) is 29.3 Å². The molecule has 1 aromatic heterocycles. The van der Waals surface area contributed by atoms with Gasteiger partial charge in [0.05, 0.1) is 17.3 Å². The third-order valence-corrected chi connectivity index (χ3v) is 3.96. The minimum atomic E-state index is -0.451. The van der Waals surface area contributed by atoms with Crippen molar-refractivity contribution in [2.24, 2.45) is 0 Å². The number of thiazole rings is 1. The number of aromatic nitrogens is 1. The Morgan fingerprint density at radius 1 is 1.32 bits per heavy atom. The van der Waals surface area contributed by atoms with Crippen LogP contribution in [0.3, 0.4) is 0 Å². The molecular formula is C15H21N4O2S+. The predicted octanol–water partition coefficient (Wildman–Crippen LogP) is 0.545. The second-order valence-electron chi connectivity index (χ2n) is 5.56. The lowest BCUT2D eigenvalue weighted by Crippen LogP contribution is -3.09. The van der Waals surface area contributed by atoms with E-state index < -0.39 is 6.03 Å². The van der Waals surface area contributed by atoms with Gasteiger partial charge in [-0.05, 0) is 26.0 Å². The maximum Gasteiger partial charge on any atom is 0.321 e. The van der Waals surface area contributed by atoms with Crippen molar-refractivity contribution in [3.63, 3.8) is 0 Å². The minimum Gasteiger partial charge on any atom is -0.336 e. The van der Waals surface area contributed by atoms with Crippen LogP contribution in [0.15, 0.2) is 24.3 Å². The van der Waals surface area contributed by atoms with Crippen molar-refractivity contribution >= 4 is 33.5 Å². The summed E-state index contributed by atoms with van der Waals surface area (Å²) in [5.41, 5.74) is 0.982. The van der Waals surface area contributed by atoms with Crippen LogP contribution in [-0.2, 0) is 11.3 Å². The van der Waals surface area contributed by atoms with Crippen molar-refractivity contribution in [2.75, 3.05) is 13.6 Å². The Morgan fingerprint density at radius 2 is 2.05 bits per heavy atom. The molecule has 3 N–H and O–H groups in total. The first-order valence-corrected chi connectivity index (χ1v) is 8.02. The van der Waals surface area contributed by atoms with E-state index in [2.05, 4.69) is 15.6 Å². The highest BCUT2D eigenvalue weighted by atomic mass is 32.1. The largest absolute Gasteiger partial charge is 0.336 e. The molecule has 0 aliphatic heterocycles. The molecule has 0 bridgehead atoms. The molecule has 0 saturated heterocycles. The number of imide groups is 1. The predicted molar refractivity (Wildman–Crippen MR) is 86.9 cm³/mol. The zero-order chi connectivity index (χ0) is 16.1. The van der Waals surface area contributed by atoms with E-state index in [-0.39, 0.29) is 18.5 Å². The van der Waals surface area contributed by atoms with Crippen LogP contribution in [0.4, 0.5) is 4.79 Å². The van der Waals surface area contributed by atoms with Crippen LogP contribution in [-0.4, -0.2) is 36.6 Å². The first-order valence-electron chi connectivity index (χ1n) is 7.20. The summed E-state index contributed by atoms with van der Waals surface area (Å²) < 4.78 is 1.14. The van der Waals surface area contributed by atoms with E-state index >= 15 is 0 Å². The third kappa shape index (κ3) is 4.78. The molecule has 0 aliphatic carbocycles. The molecule has 1 unspecified atom stereocenters. The lowest BCUT2D eigenvalue weighted by atomic mass is 10.3. The van der Waals surface area contributed by atoms with Crippen molar-refractivity contribution in [3.8, 4) is 0 Å². The number of urea groups is 1. The Kier molecular flexibility index (Phi) is 5.46. The molecule has 2 rings (SSSR count). The van der Waals surface area contributed by atoms with Gasteiger partial charge >= 0.3 is 6.03 Å². The van der Waals surface area contributed by atoms with Gasteiger partial charge in [0, 0.05) is 6.04 Å². The first-order chi connectivity index (χ1) is 10.4. The molecule has 0 radical (unpaired) electrons. The van der Waals surface area contributed by atoms with Gasteiger partial charge in [0.25, 0.3) is 5.91 Å². The van der Waals surface area contributed by atoms with Gasteiger partial charge < -0.3 is 10.2 Å². The van der Waals surface area contributed by atoms with Crippen molar-refractivity contribution in [1.29, 1.82) is 0 Å². The number of carbonyl (C=O) groups excluding carboxylic acids is 2. The highest BCUT2D eigenvalue weighted by Gasteiger charge is 2.15. The zero-order valence-electron chi connectivity index (χ0n) is 13.0. The summed E-state index contributed by atoms with van der Waals surface area (Å²) >= 11 is 1.63. The normalized spacial score (nSPS) is 12.4. The fourth-order valence-corrected chi connectivity index (χ4v) is 3.14. The Bertz CT molecular complexity index is 635. The van der Waals surface area contributed by atoms with Crippen LogP contribution < -0.4 is 15.5 Å². The summed E-state index contributed by atoms with van der Waals surface area (Å²) in [6.07, 6.45) is 0. The second kappa shape index (κ2) is 7.33. The number of amides is 3. The molecule has 1 atom stereocenters. The monoisotopic (exact) mass is 321 g/mol. The van der Waals surface area contributed by atoms with Gasteiger partial charge in [0.15, 0.2) is 6.54 Å². The van der Waals surface area contributed by atoms with Gasteiger partial charge in [-0.15, -0.1) is 11.3 Å². The fourth-order valence-electron chi connectivity index (χ4n) is 2.06. The van der Waals surface area contributed by atoms with E-state index in [9.17, 15) is 9.59 Å². The quantitative estimate of drug-likeness (QED) is 0.753. The number of hydrogen-bond donors (Lipinski definition) is 3. The number of carbonyl (C=O) groups is 2. The van der Waals surface area contributed by atoms with Crippen LogP contribution in [0, 0.1) is 0 Å². The smallest absolute Gasteiger partial charge is 0.321 e. The second-order valence-corrected chi connectivity index (χ2v) is 6.68. The number of fused-ring (bicyclic) bond motifs is 1. The highest BCUT2D eigenvalue weighted by molar-refractivity contribution is 7.18. The van der Waals surface area contributed by atoms with Crippen molar-refractivity contribution < 1.29 is 14.5 Å². The van der Waals surface area contributed by atoms with E-state index in [0.717, 1.165) is 20.1 Å². The summed E-state index contributed by atoms with van der Waals surface area (Å²) in [5, 5.41) is 5.94. The standard InChI is InChI=1S/C15H20N4O2S/c1-10(2)16-15(21)18-13(20)8-19(3)9-14-17-11-6-4-5-7-12(11)22-14/h4-7,10H,8-9H2,1-3H3,(H2,16,18,20,21)/p+1. The Labute approximate surface area is 133 Å². The molecule has 7 heteroatoms. The summed E-state index contributed by atoms with van der Waals surface area (Å²) in [6.45, 7) is 4.56. The number of rotatable bonds is 5. The average molecular weight is 321 g/mol. The summed E-state index contributed by atoms with van der Waals surface area (Å²) in [5.74, 6) is -0.295. The van der Waals surface area contributed by atoms with Crippen molar-refractivity contribution in [1.82, 2.24) is 15.6 Å². The third-order valence-electron chi connectivity index (χ3n) is 2.93. The number of quaternary nitrogens is 1. The average Bonchev–Trinajstić information content (AvgIpc) is 2.78. The van der Waals surface area contributed by atoms with E-state index in [1.807, 2.05) is 45.2 Å². The summed E-state index contributed by atoms with van der Waals surface area (Å²) in [7, 11) is 1.91. The molecule has 3 amide bonds. The maximum absolute atomic E-state index is 11.8. The topological polar surface area (TPSA) is 75.5 Å². The fraction of sp³-hybridized carbons (Fsp3) is 0.400. The zero-order valence-corrected chi connectivity index (χ0v) is 13.8. The van der Waals surface area contributed by atoms with Gasteiger partial charge in [-0.25, -0.2) is 9.78 Å². The number of para-hydroxylation sites is 1. The molecule has 2 aromatic rings. The van der Waals surface area contributed by atoms with Gasteiger partial charge in [-0.1, -0.05) is 12.1 Å². The first kappa shape index (κ1) is 16.4. The Hall–Kier alpha value is -1.99. The van der Waals surface area contributed by atoms with Gasteiger partial charge in [0.1, 0.15) is 11.6 Å². The maximum atomic E-state index is 11.8. The molecule has 118 valence electrons. The van der Waals surface area contributed by atoms with Crippen LogP contribution in [0.5, 0.6) is 0 Å². The SMILES string of the molecule is CC(C)NC(=O)NC(=O)C[NH+](C)Cc1nc2ccccc2s1. The lowest BCUT2D eigenvalue weighted by molar-refractivity contribution is -0.885. The van der Waals surface area contributed by atoms with E-state index in [1.54, 1.807) is 11.3 Å². The van der Waals surface area contributed by atoms with Crippen LogP contribution >= 0.6 is 11.3 Å². The van der Waals surface area contributed by atoms with E-state index in [1.165, 1.54) is 0 Å². The number of benzene rings is 1. The van der Waals surface area contributed by atoms with E-state index in [0.29, 0.717) is 6.54 Å². The van der Waals surface area contributed by atoms with Gasteiger partial charge in [0.2, 0.25) is 0 Å². The summed E-state index contributed by atoms with van der Waals surface area (Å²) in [4.78, 5) is 28.8. The highest BCUT2D eigenvalue weighted by Crippen LogP contribution is 2.20. The van der Waals surface area contributed by atoms with Crippen LogP contribution in [0.25, 0.3) is 10.2 Å². The molecule has 22 heavy (non-hydrogen) atoms. The lowest BCUT2D eigenvalue weighted by Gasteiger charge is -2.13. The Balaban J connectivity index is 1.85. The van der Waals surface area contributed by atoms with Crippen LogP contribution in [0.1, 0.15) is 18.9 Å². The van der Waals surface area contributed by atoms with Gasteiger partial charge in [-0.3, -0.25) is 10.1 Å². The number of nitrogens with zero attached hydrogens (tertiary/aromatic N) is 1.